The molecule has 0 bridgehead atoms. The summed E-state index contributed by atoms with van der Waals surface area (Å²) in [5, 5.41) is 3.37. The summed E-state index contributed by atoms with van der Waals surface area (Å²) < 4.78 is 27.5. The Bertz CT molecular complexity index is 534. The number of aromatic nitrogens is 1. The smallest absolute Gasteiger partial charge is 0.244 e. The highest BCUT2D eigenvalue weighted by molar-refractivity contribution is 7.99. The molecule has 0 radical (unpaired) electrons. The first kappa shape index (κ1) is 14.6. The molecule has 0 saturated heterocycles. The van der Waals surface area contributed by atoms with Crippen molar-refractivity contribution < 1.29 is 8.42 Å². The average molecular weight is 301 g/mol. The molecule has 2 N–H and O–H groups in total. The molecule has 1 aromatic heterocycles. The van der Waals surface area contributed by atoms with Gasteiger partial charge in [-0.15, -0.1) is 0 Å². The third-order valence-electron chi connectivity index (χ3n) is 3.34. The van der Waals surface area contributed by atoms with Crippen molar-refractivity contribution in [3.63, 3.8) is 0 Å². The first-order chi connectivity index (χ1) is 9.06. The Balaban J connectivity index is 2.15. The van der Waals surface area contributed by atoms with E-state index < -0.39 is 10.0 Å². The monoisotopic (exact) mass is 301 g/mol. The summed E-state index contributed by atoms with van der Waals surface area (Å²) >= 11 is 1.81. The number of pyridine rings is 1. The Morgan fingerprint density at radius 3 is 2.84 bits per heavy atom. The highest BCUT2D eigenvalue weighted by Crippen LogP contribution is 2.29. The Kier molecular flexibility index (Phi) is 4.70. The zero-order valence-corrected chi connectivity index (χ0v) is 12.7. The van der Waals surface area contributed by atoms with Gasteiger partial charge in [0.1, 0.15) is 10.7 Å². The molecule has 106 valence electrons. The molecule has 1 fully saturated rings. The lowest BCUT2D eigenvalue weighted by Crippen LogP contribution is -2.33. The molecule has 0 amide bonds. The van der Waals surface area contributed by atoms with Gasteiger partial charge in [0.25, 0.3) is 0 Å². The summed E-state index contributed by atoms with van der Waals surface area (Å²) in [6, 6.07) is 3.24. The Labute approximate surface area is 118 Å². The molecule has 0 aromatic carbocycles. The fourth-order valence-electron chi connectivity index (χ4n) is 2.34. The van der Waals surface area contributed by atoms with Gasteiger partial charge in [0.05, 0.1) is 0 Å². The van der Waals surface area contributed by atoms with Crippen LogP contribution in [0.3, 0.4) is 0 Å². The van der Waals surface area contributed by atoms with Crippen molar-refractivity contribution >= 4 is 27.6 Å². The topological polar surface area (TPSA) is 71.1 Å². The van der Waals surface area contributed by atoms with Crippen molar-refractivity contribution in [1.29, 1.82) is 0 Å². The van der Waals surface area contributed by atoms with Crippen LogP contribution in [0.15, 0.2) is 23.2 Å². The maximum absolute atomic E-state index is 12.4. The van der Waals surface area contributed by atoms with Crippen LogP contribution >= 0.6 is 11.8 Å². The Hall–Kier alpha value is -0.790. The van der Waals surface area contributed by atoms with Gasteiger partial charge in [-0.25, -0.2) is 18.1 Å². The average Bonchev–Trinajstić information content (AvgIpc) is 2.85. The number of hydrogen-bond donors (Lipinski definition) is 2. The molecule has 2 unspecified atom stereocenters. The molecular formula is C12H19N3O2S2. The second-order valence-electron chi connectivity index (χ2n) is 4.59. The maximum Gasteiger partial charge on any atom is 0.244 e. The zero-order chi connectivity index (χ0) is 13.9. The number of hydrogen-bond acceptors (Lipinski definition) is 5. The van der Waals surface area contributed by atoms with Gasteiger partial charge in [0, 0.05) is 24.5 Å². The highest BCUT2D eigenvalue weighted by Gasteiger charge is 2.29. The van der Waals surface area contributed by atoms with E-state index in [1.165, 1.54) is 0 Å². The minimum Gasteiger partial charge on any atom is -0.372 e. The summed E-state index contributed by atoms with van der Waals surface area (Å²) in [6.45, 7) is 0. The first-order valence-electron chi connectivity index (χ1n) is 6.24. The Morgan fingerprint density at radius 1 is 1.42 bits per heavy atom. The second kappa shape index (κ2) is 6.11. The molecule has 2 rings (SSSR count). The van der Waals surface area contributed by atoms with E-state index >= 15 is 0 Å². The summed E-state index contributed by atoms with van der Waals surface area (Å²) in [5.41, 5.74) is 0. The molecule has 0 spiro atoms. The van der Waals surface area contributed by atoms with Gasteiger partial charge in [-0.2, -0.15) is 11.8 Å². The zero-order valence-electron chi connectivity index (χ0n) is 11.1. The van der Waals surface area contributed by atoms with Gasteiger partial charge in [-0.05, 0) is 37.7 Å². The van der Waals surface area contributed by atoms with Crippen LogP contribution in [0.4, 0.5) is 5.82 Å². The lowest BCUT2D eigenvalue weighted by atomic mass is 10.3. The van der Waals surface area contributed by atoms with Gasteiger partial charge in [0.15, 0.2) is 0 Å². The van der Waals surface area contributed by atoms with Crippen LogP contribution < -0.4 is 10.0 Å². The fourth-order valence-corrected chi connectivity index (χ4v) is 4.58. The molecule has 0 aliphatic heterocycles. The highest BCUT2D eigenvalue weighted by atomic mass is 32.2. The number of nitrogens with zero attached hydrogens (tertiary/aromatic N) is 1. The number of anilines is 1. The fraction of sp³-hybridized carbons (Fsp3) is 0.583. The van der Waals surface area contributed by atoms with E-state index in [2.05, 4.69) is 21.3 Å². The molecule has 1 saturated carbocycles. The molecule has 19 heavy (non-hydrogen) atoms. The molecule has 1 aliphatic rings. The normalized spacial score (nSPS) is 23.5. The van der Waals surface area contributed by atoms with Crippen molar-refractivity contribution in [1.82, 2.24) is 9.71 Å². The lowest BCUT2D eigenvalue weighted by molar-refractivity contribution is 0.552. The van der Waals surface area contributed by atoms with E-state index in [0.29, 0.717) is 11.1 Å². The minimum absolute atomic E-state index is 0.0346. The van der Waals surface area contributed by atoms with Crippen molar-refractivity contribution in [2.45, 2.75) is 35.4 Å². The van der Waals surface area contributed by atoms with Crippen LogP contribution in [0.25, 0.3) is 0 Å². The van der Waals surface area contributed by atoms with Gasteiger partial charge < -0.3 is 5.32 Å². The van der Waals surface area contributed by atoms with Crippen molar-refractivity contribution in [3.05, 3.63) is 18.3 Å². The predicted molar refractivity (Wildman–Crippen MR) is 79.0 cm³/mol. The SMILES string of the molecule is CNc1ncccc1S(=O)(=O)NC1CCC(SC)C1. The molecule has 1 aliphatic carbocycles. The standard InChI is InChI=1S/C12H19N3O2S2/c1-13-12-11(4-3-7-14-12)19(16,17)15-9-5-6-10(8-9)18-2/h3-4,7,9-10,15H,5-6,8H2,1-2H3,(H,13,14). The van der Waals surface area contributed by atoms with Crippen LogP contribution in [-0.4, -0.2) is 38.0 Å². The predicted octanol–water partition coefficient (Wildman–Crippen LogP) is 1.69. The summed E-state index contributed by atoms with van der Waals surface area (Å²) in [5.74, 6) is 0.384. The summed E-state index contributed by atoms with van der Waals surface area (Å²) in [4.78, 5) is 4.25. The largest absolute Gasteiger partial charge is 0.372 e. The Morgan fingerprint density at radius 2 is 2.21 bits per heavy atom. The first-order valence-corrected chi connectivity index (χ1v) is 9.02. The van der Waals surface area contributed by atoms with Gasteiger partial charge >= 0.3 is 0 Å². The van der Waals surface area contributed by atoms with E-state index in [0.717, 1.165) is 19.3 Å². The summed E-state index contributed by atoms with van der Waals surface area (Å²) in [6.07, 6.45) is 6.52. The molecule has 1 heterocycles. The van der Waals surface area contributed by atoms with Crippen LogP contribution in [-0.2, 0) is 10.0 Å². The molecule has 5 nitrogen and oxygen atoms in total. The van der Waals surface area contributed by atoms with E-state index in [9.17, 15) is 8.42 Å². The van der Waals surface area contributed by atoms with Crippen LogP contribution in [0.5, 0.6) is 0 Å². The van der Waals surface area contributed by atoms with Crippen molar-refractivity contribution in [3.8, 4) is 0 Å². The molecular weight excluding hydrogens is 282 g/mol. The van der Waals surface area contributed by atoms with E-state index in [1.54, 1.807) is 37.1 Å². The second-order valence-corrected chi connectivity index (χ2v) is 7.41. The van der Waals surface area contributed by atoms with Gasteiger partial charge in [-0.3, -0.25) is 0 Å². The van der Waals surface area contributed by atoms with E-state index in [-0.39, 0.29) is 10.9 Å². The third-order valence-corrected chi connectivity index (χ3v) is 5.98. The van der Waals surface area contributed by atoms with E-state index in [1.807, 2.05) is 0 Å². The lowest BCUT2D eigenvalue weighted by Gasteiger charge is -2.15. The van der Waals surface area contributed by atoms with Crippen molar-refractivity contribution in [2.24, 2.45) is 0 Å². The maximum atomic E-state index is 12.4. The van der Waals surface area contributed by atoms with Crippen LogP contribution in [0.1, 0.15) is 19.3 Å². The molecule has 1 aromatic rings. The summed E-state index contributed by atoms with van der Waals surface area (Å²) in [7, 11) is -1.84. The number of rotatable bonds is 5. The van der Waals surface area contributed by atoms with Crippen molar-refractivity contribution in [2.75, 3.05) is 18.6 Å². The van der Waals surface area contributed by atoms with Crippen LogP contribution in [0.2, 0.25) is 0 Å². The quantitative estimate of drug-likeness (QED) is 0.866. The van der Waals surface area contributed by atoms with Gasteiger partial charge in [-0.1, -0.05) is 0 Å². The number of nitrogens with one attached hydrogen (secondary N) is 2. The third kappa shape index (κ3) is 3.40. The van der Waals surface area contributed by atoms with Gasteiger partial charge in [0.2, 0.25) is 10.0 Å². The molecule has 7 heteroatoms. The molecule has 2 atom stereocenters. The minimum atomic E-state index is -3.50. The van der Waals surface area contributed by atoms with Crippen LogP contribution in [0, 0.1) is 0 Å². The number of sulfonamides is 1. The van der Waals surface area contributed by atoms with E-state index in [4.69, 9.17) is 0 Å². The number of thioether (sulfide) groups is 1.